The van der Waals surface area contributed by atoms with Gasteiger partial charge in [-0.3, -0.25) is 4.68 Å². The number of nitrogens with zero attached hydrogens (tertiary/aromatic N) is 2. The molecule has 2 N–H and O–H groups in total. The Hall–Kier alpha value is -3.48. The summed E-state index contributed by atoms with van der Waals surface area (Å²) in [5.74, 6) is 1.14. The van der Waals surface area contributed by atoms with Crippen molar-refractivity contribution >= 4 is 17.4 Å². The lowest BCUT2D eigenvalue weighted by Crippen LogP contribution is -2.20. The smallest absolute Gasteiger partial charge is 0.323 e. The summed E-state index contributed by atoms with van der Waals surface area (Å²) in [6.07, 6.45) is 0. The average Bonchev–Trinajstić information content (AvgIpc) is 2.97. The minimum Gasteiger partial charge on any atom is -0.493 e. The van der Waals surface area contributed by atoms with Gasteiger partial charge in [-0.25, -0.2) is 4.79 Å². The SMILES string of the molecule is COc1ccc(NC(=O)Nc2c(C)nn(Cc3ccccc3C)c2C)cc1OC. The Morgan fingerprint density at radius 3 is 2.41 bits per heavy atom. The molecule has 0 radical (unpaired) electrons. The Morgan fingerprint density at radius 2 is 1.72 bits per heavy atom. The van der Waals surface area contributed by atoms with Crippen molar-refractivity contribution in [3.8, 4) is 11.5 Å². The Morgan fingerprint density at radius 1 is 1.00 bits per heavy atom. The number of ether oxygens (including phenoxy) is 2. The van der Waals surface area contributed by atoms with E-state index in [9.17, 15) is 4.79 Å². The van der Waals surface area contributed by atoms with E-state index in [4.69, 9.17) is 9.47 Å². The van der Waals surface area contributed by atoms with Crippen LogP contribution in [0.25, 0.3) is 0 Å². The van der Waals surface area contributed by atoms with Gasteiger partial charge in [0.15, 0.2) is 11.5 Å². The topological polar surface area (TPSA) is 77.4 Å². The molecule has 0 aliphatic rings. The zero-order valence-corrected chi connectivity index (χ0v) is 17.4. The van der Waals surface area contributed by atoms with Crippen LogP contribution >= 0.6 is 0 Å². The molecule has 7 nitrogen and oxygen atoms in total. The highest BCUT2D eigenvalue weighted by Crippen LogP contribution is 2.30. The van der Waals surface area contributed by atoms with Crippen molar-refractivity contribution in [3.05, 3.63) is 65.0 Å². The van der Waals surface area contributed by atoms with Gasteiger partial charge in [-0.15, -0.1) is 0 Å². The van der Waals surface area contributed by atoms with Crippen LogP contribution in [-0.2, 0) is 6.54 Å². The lowest BCUT2D eigenvalue weighted by Gasteiger charge is -2.12. The number of aryl methyl sites for hydroxylation is 2. The molecule has 0 unspecified atom stereocenters. The molecule has 1 heterocycles. The molecule has 3 rings (SSSR count). The fourth-order valence-electron chi connectivity index (χ4n) is 3.17. The van der Waals surface area contributed by atoms with Crippen molar-refractivity contribution in [2.75, 3.05) is 24.9 Å². The van der Waals surface area contributed by atoms with E-state index in [1.54, 1.807) is 32.4 Å². The molecule has 7 heteroatoms. The molecule has 2 aromatic carbocycles. The molecule has 0 aliphatic carbocycles. The minimum atomic E-state index is -0.348. The molecular weight excluding hydrogens is 368 g/mol. The summed E-state index contributed by atoms with van der Waals surface area (Å²) in [7, 11) is 3.12. The second-order valence-corrected chi connectivity index (χ2v) is 6.78. The highest BCUT2D eigenvalue weighted by molar-refractivity contribution is 6.00. The van der Waals surface area contributed by atoms with Gasteiger partial charge in [0.2, 0.25) is 0 Å². The molecule has 1 aromatic heterocycles. The van der Waals surface area contributed by atoms with E-state index < -0.39 is 0 Å². The van der Waals surface area contributed by atoms with E-state index in [-0.39, 0.29) is 6.03 Å². The van der Waals surface area contributed by atoms with Gasteiger partial charge in [-0.2, -0.15) is 5.10 Å². The fourth-order valence-corrected chi connectivity index (χ4v) is 3.17. The van der Waals surface area contributed by atoms with Crippen LogP contribution in [0.1, 0.15) is 22.5 Å². The van der Waals surface area contributed by atoms with Crippen LogP contribution in [0.2, 0.25) is 0 Å². The summed E-state index contributed by atoms with van der Waals surface area (Å²) >= 11 is 0. The normalized spacial score (nSPS) is 10.5. The number of hydrogen-bond donors (Lipinski definition) is 2. The number of methoxy groups -OCH3 is 2. The van der Waals surface area contributed by atoms with Crippen LogP contribution in [0.15, 0.2) is 42.5 Å². The van der Waals surface area contributed by atoms with Crippen LogP contribution in [-0.4, -0.2) is 30.0 Å². The van der Waals surface area contributed by atoms with E-state index in [1.165, 1.54) is 11.1 Å². The third-order valence-electron chi connectivity index (χ3n) is 4.84. The highest BCUT2D eigenvalue weighted by atomic mass is 16.5. The molecular formula is C22H26N4O3. The first-order valence-electron chi connectivity index (χ1n) is 9.31. The van der Waals surface area contributed by atoms with Gasteiger partial charge in [0.05, 0.1) is 37.8 Å². The zero-order valence-electron chi connectivity index (χ0n) is 17.4. The molecule has 2 amide bonds. The molecule has 152 valence electrons. The van der Waals surface area contributed by atoms with Crippen LogP contribution in [0.5, 0.6) is 11.5 Å². The number of urea groups is 1. The zero-order chi connectivity index (χ0) is 21.0. The molecule has 0 atom stereocenters. The average molecular weight is 394 g/mol. The van der Waals surface area contributed by atoms with Gasteiger partial charge >= 0.3 is 6.03 Å². The number of benzene rings is 2. The van der Waals surface area contributed by atoms with Gasteiger partial charge in [0.1, 0.15) is 0 Å². The molecule has 29 heavy (non-hydrogen) atoms. The summed E-state index contributed by atoms with van der Waals surface area (Å²) in [6.45, 7) is 6.56. The Kier molecular flexibility index (Phi) is 6.07. The number of amides is 2. The molecule has 0 fully saturated rings. The Labute approximate surface area is 170 Å². The second-order valence-electron chi connectivity index (χ2n) is 6.78. The van der Waals surface area contributed by atoms with E-state index in [0.29, 0.717) is 29.4 Å². The molecule has 0 spiro atoms. The first kappa shape index (κ1) is 20.3. The first-order valence-corrected chi connectivity index (χ1v) is 9.31. The fraction of sp³-hybridized carbons (Fsp3) is 0.273. The quantitative estimate of drug-likeness (QED) is 0.644. The summed E-state index contributed by atoms with van der Waals surface area (Å²) in [6, 6.07) is 13.1. The van der Waals surface area contributed by atoms with Gasteiger partial charge < -0.3 is 20.1 Å². The standard InChI is InChI=1S/C22H26N4O3/c1-14-8-6-7-9-17(14)13-26-16(3)21(15(2)25-26)24-22(27)23-18-10-11-19(28-4)20(12-18)29-5/h6-12H,13H2,1-5H3,(H2,23,24,27). The lowest BCUT2D eigenvalue weighted by molar-refractivity contribution is 0.262. The molecule has 0 aliphatic heterocycles. The van der Waals surface area contributed by atoms with E-state index in [0.717, 1.165) is 11.4 Å². The number of hydrogen-bond acceptors (Lipinski definition) is 4. The van der Waals surface area contributed by atoms with E-state index in [2.05, 4.69) is 34.8 Å². The third-order valence-corrected chi connectivity index (χ3v) is 4.84. The molecule has 0 saturated heterocycles. The van der Waals surface area contributed by atoms with Gasteiger partial charge in [0.25, 0.3) is 0 Å². The number of aromatic nitrogens is 2. The Balaban J connectivity index is 1.74. The molecule has 3 aromatic rings. The maximum Gasteiger partial charge on any atom is 0.323 e. The Bertz CT molecular complexity index is 1030. The molecule has 0 saturated carbocycles. The summed E-state index contributed by atoms with van der Waals surface area (Å²) in [5.41, 5.74) is 5.37. The summed E-state index contributed by atoms with van der Waals surface area (Å²) < 4.78 is 12.4. The van der Waals surface area contributed by atoms with Crippen molar-refractivity contribution in [1.29, 1.82) is 0 Å². The monoisotopic (exact) mass is 394 g/mol. The van der Waals surface area contributed by atoms with Crippen LogP contribution in [0, 0.1) is 20.8 Å². The van der Waals surface area contributed by atoms with Crippen molar-refractivity contribution < 1.29 is 14.3 Å². The van der Waals surface area contributed by atoms with Crippen LogP contribution in [0.4, 0.5) is 16.2 Å². The van der Waals surface area contributed by atoms with Crippen molar-refractivity contribution in [3.63, 3.8) is 0 Å². The first-order chi connectivity index (χ1) is 13.9. The van der Waals surface area contributed by atoms with Gasteiger partial charge in [0, 0.05) is 11.8 Å². The van der Waals surface area contributed by atoms with Crippen LogP contribution < -0.4 is 20.1 Å². The summed E-state index contributed by atoms with van der Waals surface area (Å²) in [4.78, 5) is 12.5. The number of carbonyl (C=O) groups is 1. The second kappa shape index (κ2) is 8.68. The number of anilines is 2. The predicted octanol–water partition coefficient (Wildman–Crippen LogP) is 4.52. The lowest BCUT2D eigenvalue weighted by atomic mass is 10.1. The largest absolute Gasteiger partial charge is 0.493 e. The van der Waals surface area contributed by atoms with Crippen LogP contribution in [0.3, 0.4) is 0 Å². The van der Waals surface area contributed by atoms with Crippen molar-refractivity contribution in [2.24, 2.45) is 0 Å². The predicted molar refractivity (Wildman–Crippen MR) is 114 cm³/mol. The van der Waals surface area contributed by atoms with Gasteiger partial charge in [-0.1, -0.05) is 24.3 Å². The number of rotatable bonds is 6. The highest BCUT2D eigenvalue weighted by Gasteiger charge is 2.15. The van der Waals surface area contributed by atoms with Crippen molar-refractivity contribution in [2.45, 2.75) is 27.3 Å². The summed E-state index contributed by atoms with van der Waals surface area (Å²) in [5, 5.41) is 10.3. The number of carbonyl (C=O) groups excluding carboxylic acids is 1. The van der Waals surface area contributed by atoms with E-state index in [1.807, 2.05) is 30.7 Å². The maximum absolute atomic E-state index is 12.5. The number of nitrogens with one attached hydrogen (secondary N) is 2. The third kappa shape index (κ3) is 4.51. The van der Waals surface area contributed by atoms with Gasteiger partial charge in [-0.05, 0) is 44.0 Å². The van der Waals surface area contributed by atoms with Crippen molar-refractivity contribution in [1.82, 2.24) is 9.78 Å². The van der Waals surface area contributed by atoms with E-state index >= 15 is 0 Å². The maximum atomic E-state index is 12.5. The minimum absolute atomic E-state index is 0.348. The molecule has 0 bridgehead atoms.